The van der Waals surface area contributed by atoms with Gasteiger partial charge in [-0.15, -0.1) is 17.0 Å². The quantitative estimate of drug-likeness (QED) is 0.598. The van der Waals surface area contributed by atoms with E-state index in [1.807, 2.05) is 48.5 Å². The number of nitrogens with zero attached hydrogens (tertiary/aromatic N) is 2. The van der Waals surface area contributed by atoms with Crippen LogP contribution in [-0.2, 0) is 4.74 Å². The summed E-state index contributed by atoms with van der Waals surface area (Å²) in [6, 6.07) is 16.1. The Labute approximate surface area is 170 Å². The lowest BCUT2D eigenvalue weighted by atomic mass is 10.2. The van der Waals surface area contributed by atoms with Crippen molar-refractivity contribution in [3.8, 4) is 0 Å². The second-order valence-electron chi connectivity index (χ2n) is 6.02. The number of hydrogen-bond acceptors (Lipinski definition) is 4. The van der Waals surface area contributed by atoms with Crippen molar-refractivity contribution in [1.82, 2.24) is 4.90 Å². The van der Waals surface area contributed by atoms with Crippen LogP contribution in [-0.4, -0.2) is 36.7 Å². The number of ether oxygens (including phenoxy) is 1. The fraction of sp³-hybridized carbons (Fsp3) is 0.350. The summed E-state index contributed by atoms with van der Waals surface area (Å²) in [5, 5.41) is 0. The molecule has 1 aliphatic heterocycles. The molecule has 1 amide bonds. The highest BCUT2D eigenvalue weighted by Gasteiger charge is 2.29. The fourth-order valence-electron chi connectivity index (χ4n) is 3.11. The lowest BCUT2D eigenvalue weighted by molar-refractivity contribution is 0.107. The SMILES string of the molecule is Br.CCN(CC)C(C)COC(=O)N1c2ccccc2Sc2ccccc21. The van der Waals surface area contributed by atoms with Crippen molar-refractivity contribution >= 4 is 46.2 Å². The number of carbonyl (C=O) groups is 1. The molecule has 0 spiro atoms. The Morgan fingerprint density at radius 2 is 1.54 bits per heavy atom. The molecule has 2 aromatic carbocycles. The van der Waals surface area contributed by atoms with Crippen LogP contribution in [0, 0.1) is 0 Å². The normalized spacial score (nSPS) is 13.5. The molecule has 0 bridgehead atoms. The minimum Gasteiger partial charge on any atom is -0.447 e. The predicted molar refractivity (Wildman–Crippen MR) is 113 cm³/mol. The van der Waals surface area contributed by atoms with E-state index in [0.29, 0.717) is 6.61 Å². The van der Waals surface area contributed by atoms with E-state index < -0.39 is 0 Å². The van der Waals surface area contributed by atoms with Crippen LogP contribution < -0.4 is 4.90 Å². The number of anilines is 2. The van der Waals surface area contributed by atoms with Gasteiger partial charge in [0.2, 0.25) is 0 Å². The lowest BCUT2D eigenvalue weighted by Crippen LogP contribution is -2.38. The number of carbonyl (C=O) groups excluding carboxylic acids is 1. The van der Waals surface area contributed by atoms with Crippen molar-refractivity contribution in [3.63, 3.8) is 0 Å². The third kappa shape index (κ3) is 4.24. The van der Waals surface area contributed by atoms with Gasteiger partial charge in [0, 0.05) is 15.8 Å². The van der Waals surface area contributed by atoms with Crippen LogP contribution in [0.5, 0.6) is 0 Å². The van der Waals surface area contributed by atoms with Crippen LogP contribution in [0.2, 0.25) is 0 Å². The molecule has 2 aromatic rings. The number of para-hydroxylation sites is 2. The third-order valence-electron chi connectivity index (χ3n) is 4.50. The molecule has 0 saturated carbocycles. The zero-order valence-electron chi connectivity index (χ0n) is 15.3. The van der Waals surface area contributed by atoms with Crippen LogP contribution >= 0.6 is 28.7 Å². The molecule has 3 rings (SSSR count). The third-order valence-corrected chi connectivity index (χ3v) is 5.63. The minimum absolute atomic E-state index is 0. The number of halogens is 1. The average Bonchev–Trinajstić information content (AvgIpc) is 2.65. The first kappa shape index (κ1) is 20.8. The maximum atomic E-state index is 12.9. The summed E-state index contributed by atoms with van der Waals surface area (Å²) >= 11 is 1.68. The van der Waals surface area contributed by atoms with Gasteiger partial charge in [0.25, 0.3) is 0 Å². The van der Waals surface area contributed by atoms with Gasteiger partial charge in [-0.2, -0.15) is 0 Å². The summed E-state index contributed by atoms with van der Waals surface area (Å²) in [7, 11) is 0. The Bertz CT molecular complexity index is 707. The van der Waals surface area contributed by atoms with E-state index in [1.54, 1.807) is 16.7 Å². The molecule has 4 nitrogen and oxygen atoms in total. The smallest absolute Gasteiger partial charge is 0.419 e. The second kappa shape index (κ2) is 9.44. The van der Waals surface area contributed by atoms with Gasteiger partial charge in [0.1, 0.15) is 6.61 Å². The number of hydrogen-bond donors (Lipinski definition) is 0. The molecule has 1 aliphatic rings. The van der Waals surface area contributed by atoms with Crippen LogP contribution in [0.25, 0.3) is 0 Å². The Morgan fingerprint density at radius 1 is 1.04 bits per heavy atom. The van der Waals surface area contributed by atoms with Crippen molar-refractivity contribution in [1.29, 1.82) is 0 Å². The number of benzene rings is 2. The Morgan fingerprint density at radius 3 is 2.04 bits per heavy atom. The highest BCUT2D eigenvalue weighted by Crippen LogP contribution is 2.48. The van der Waals surface area contributed by atoms with Crippen LogP contribution in [0.1, 0.15) is 20.8 Å². The first-order valence-corrected chi connectivity index (χ1v) is 9.54. The van der Waals surface area contributed by atoms with E-state index in [9.17, 15) is 4.79 Å². The summed E-state index contributed by atoms with van der Waals surface area (Å²) in [4.78, 5) is 19.0. The average molecular weight is 437 g/mol. The maximum Gasteiger partial charge on any atom is 0.419 e. The van der Waals surface area contributed by atoms with E-state index >= 15 is 0 Å². The van der Waals surface area contributed by atoms with Gasteiger partial charge in [-0.05, 0) is 44.3 Å². The number of fused-ring (bicyclic) bond motifs is 2. The Hall–Kier alpha value is -1.50. The largest absolute Gasteiger partial charge is 0.447 e. The van der Waals surface area contributed by atoms with E-state index in [0.717, 1.165) is 34.3 Å². The van der Waals surface area contributed by atoms with E-state index in [-0.39, 0.29) is 29.1 Å². The molecule has 6 heteroatoms. The van der Waals surface area contributed by atoms with Crippen LogP contribution in [0.4, 0.5) is 16.2 Å². The molecule has 0 saturated heterocycles. The van der Waals surface area contributed by atoms with E-state index in [4.69, 9.17) is 4.74 Å². The van der Waals surface area contributed by atoms with Crippen molar-refractivity contribution in [2.45, 2.75) is 36.6 Å². The van der Waals surface area contributed by atoms with Gasteiger partial charge in [0.15, 0.2) is 0 Å². The summed E-state index contributed by atoms with van der Waals surface area (Å²) in [5.74, 6) is 0. The molecule has 26 heavy (non-hydrogen) atoms. The standard InChI is InChI=1S/C20H24N2O2S.BrH/c1-4-21(5-2)15(3)14-24-20(23)22-16-10-6-8-12-18(16)25-19-13-9-7-11-17(19)22;/h6-13,15H,4-5,14H2,1-3H3;1H. The molecule has 0 radical (unpaired) electrons. The first-order valence-electron chi connectivity index (χ1n) is 8.72. The second-order valence-corrected chi connectivity index (χ2v) is 7.10. The fourth-order valence-corrected chi connectivity index (χ4v) is 4.17. The van der Waals surface area contributed by atoms with Crippen molar-refractivity contribution < 1.29 is 9.53 Å². The van der Waals surface area contributed by atoms with Crippen molar-refractivity contribution in [2.75, 3.05) is 24.6 Å². The zero-order chi connectivity index (χ0) is 17.8. The zero-order valence-corrected chi connectivity index (χ0v) is 17.9. The lowest BCUT2D eigenvalue weighted by Gasteiger charge is -2.31. The van der Waals surface area contributed by atoms with Crippen molar-refractivity contribution in [2.24, 2.45) is 0 Å². The number of likely N-dealkylation sites (N-methyl/N-ethyl adjacent to an activating group) is 1. The molecular formula is C20H25BrN2O2S. The van der Waals surface area contributed by atoms with Crippen LogP contribution in [0.3, 0.4) is 0 Å². The molecule has 1 atom stereocenters. The maximum absolute atomic E-state index is 12.9. The van der Waals surface area contributed by atoms with Crippen LogP contribution in [0.15, 0.2) is 58.3 Å². The number of amides is 1. The van der Waals surface area contributed by atoms with Gasteiger partial charge in [0.05, 0.1) is 11.4 Å². The summed E-state index contributed by atoms with van der Waals surface area (Å²) in [6.07, 6.45) is -0.320. The molecular weight excluding hydrogens is 412 g/mol. The molecule has 0 aromatic heterocycles. The van der Waals surface area contributed by atoms with E-state index in [2.05, 4.69) is 25.7 Å². The summed E-state index contributed by atoms with van der Waals surface area (Å²) in [5.41, 5.74) is 1.76. The van der Waals surface area contributed by atoms with E-state index in [1.165, 1.54) is 0 Å². The summed E-state index contributed by atoms with van der Waals surface area (Å²) in [6.45, 7) is 8.61. The predicted octanol–water partition coefficient (Wildman–Crippen LogP) is 5.73. The van der Waals surface area contributed by atoms with Crippen molar-refractivity contribution in [3.05, 3.63) is 48.5 Å². The topological polar surface area (TPSA) is 32.8 Å². The van der Waals surface area contributed by atoms with Gasteiger partial charge >= 0.3 is 6.09 Å². The molecule has 1 heterocycles. The highest BCUT2D eigenvalue weighted by atomic mass is 79.9. The first-order chi connectivity index (χ1) is 12.2. The Balaban J connectivity index is 0.00000243. The Kier molecular flexibility index (Phi) is 7.55. The molecule has 0 N–H and O–H groups in total. The van der Waals surface area contributed by atoms with Gasteiger partial charge in [-0.25, -0.2) is 9.69 Å². The summed E-state index contributed by atoms with van der Waals surface area (Å²) < 4.78 is 5.68. The minimum atomic E-state index is -0.320. The number of rotatable bonds is 5. The highest BCUT2D eigenvalue weighted by molar-refractivity contribution is 8.93. The molecule has 0 fully saturated rings. The monoisotopic (exact) mass is 436 g/mol. The molecule has 1 unspecified atom stereocenters. The van der Waals surface area contributed by atoms with Gasteiger partial charge in [-0.3, -0.25) is 4.90 Å². The molecule has 0 aliphatic carbocycles. The van der Waals surface area contributed by atoms with Gasteiger partial charge < -0.3 is 4.74 Å². The van der Waals surface area contributed by atoms with Gasteiger partial charge in [-0.1, -0.05) is 49.9 Å². The molecule has 140 valence electrons.